The number of hydrogen-bond donors (Lipinski definition) is 2. The Bertz CT molecular complexity index is 376. The van der Waals surface area contributed by atoms with Crippen LogP contribution in [0.5, 0.6) is 0 Å². The Morgan fingerprint density at radius 2 is 2.29 bits per heavy atom. The molecule has 2 rings (SSSR count). The van der Waals surface area contributed by atoms with Gasteiger partial charge in [-0.05, 0) is 17.2 Å². The number of carbonyl (C=O) groups is 1. The zero-order valence-electron chi connectivity index (χ0n) is 7.69. The molecule has 1 heterocycles. The maximum Gasteiger partial charge on any atom is 0.249 e. The van der Waals surface area contributed by atoms with Crippen LogP contribution in [0.15, 0.2) is 18.2 Å². The van der Waals surface area contributed by atoms with Crippen molar-refractivity contribution in [2.75, 3.05) is 6.61 Å². The number of carbonyl (C=O) groups excluding carboxylic acids is 1. The van der Waals surface area contributed by atoms with Gasteiger partial charge in [0.05, 0.1) is 19.3 Å². The van der Waals surface area contributed by atoms with Crippen molar-refractivity contribution in [1.82, 2.24) is 0 Å². The van der Waals surface area contributed by atoms with E-state index in [0.717, 1.165) is 11.1 Å². The van der Waals surface area contributed by atoms with E-state index in [1.54, 1.807) is 12.1 Å². The van der Waals surface area contributed by atoms with Gasteiger partial charge in [-0.1, -0.05) is 12.1 Å². The Hall–Kier alpha value is -1.39. The van der Waals surface area contributed by atoms with Gasteiger partial charge in [0.2, 0.25) is 5.91 Å². The summed E-state index contributed by atoms with van der Waals surface area (Å²) in [6.45, 7) is 0.914. The molecular weight excluding hydrogens is 180 g/mol. The molecule has 0 saturated carbocycles. The number of nitrogens with two attached hydrogens (primary N) is 2. The zero-order valence-corrected chi connectivity index (χ0v) is 7.69. The second-order valence-corrected chi connectivity index (χ2v) is 3.36. The molecule has 0 aliphatic carbocycles. The minimum atomic E-state index is -0.431. The summed E-state index contributed by atoms with van der Waals surface area (Å²) in [6, 6.07) is 5.25. The van der Waals surface area contributed by atoms with Crippen molar-refractivity contribution in [2.24, 2.45) is 11.5 Å². The molecule has 4 N–H and O–H groups in total. The summed E-state index contributed by atoms with van der Waals surface area (Å²) in [5, 5.41) is 0. The van der Waals surface area contributed by atoms with Crippen molar-refractivity contribution in [2.45, 2.75) is 12.6 Å². The molecule has 0 radical (unpaired) electrons. The SMILES string of the molecule is NC(=O)c1cccc2c1COC[C@@H]2N. The lowest BCUT2D eigenvalue weighted by Crippen LogP contribution is -2.26. The molecule has 1 amide bonds. The number of rotatable bonds is 1. The summed E-state index contributed by atoms with van der Waals surface area (Å²) < 4.78 is 5.27. The van der Waals surface area contributed by atoms with Crippen molar-refractivity contribution in [3.05, 3.63) is 34.9 Å². The molecular formula is C10H12N2O2. The molecule has 1 aliphatic heterocycles. The van der Waals surface area contributed by atoms with Crippen LogP contribution in [-0.2, 0) is 11.3 Å². The van der Waals surface area contributed by atoms with E-state index in [4.69, 9.17) is 16.2 Å². The highest BCUT2D eigenvalue weighted by Crippen LogP contribution is 2.25. The molecule has 0 unspecified atom stereocenters. The Labute approximate surface area is 81.8 Å². The fourth-order valence-electron chi connectivity index (χ4n) is 1.72. The zero-order chi connectivity index (χ0) is 10.1. The number of amides is 1. The third-order valence-electron chi connectivity index (χ3n) is 2.42. The van der Waals surface area contributed by atoms with Gasteiger partial charge in [-0.2, -0.15) is 0 Å². The first kappa shape index (κ1) is 9.18. The standard InChI is InChI=1S/C10H12N2O2/c11-9-5-14-4-8-6(9)2-1-3-7(8)10(12)13/h1-3,9H,4-5,11H2,(H2,12,13)/t9-/m0/s1. The molecule has 0 aromatic heterocycles. The maximum atomic E-state index is 11.1. The summed E-state index contributed by atoms with van der Waals surface area (Å²) >= 11 is 0. The van der Waals surface area contributed by atoms with Crippen molar-refractivity contribution < 1.29 is 9.53 Å². The Morgan fingerprint density at radius 3 is 3.00 bits per heavy atom. The average Bonchev–Trinajstić information content (AvgIpc) is 2.17. The van der Waals surface area contributed by atoms with E-state index in [1.807, 2.05) is 6.07 Å². The van der Waals surface area contributed by atoms with Gasteiger partial charge < -0.3 is 16.2 Å². The van der Waals surface area contributed by atoms with Crippen LogP contribution in [0.25, 0.3) is 0 Å². The van der Waals surface area contributed by atoms with E-state index >= 15 is 0 Å². The molecule has 0 saturated heterocycles. The Morgan fingerprint density at radius 1 is 1.50 bits per heavy atom. The Balaban J connectivity index is 2.55. The highest BCUT2D eigenvalue weighted by molar-refractivity contribution is 5.94. The fourth-order valence-corrected chi connectivity index (χ4v) is 1.72. The molecule has 1 atom stereocenters. The van der Waals surface area contributed by atoms with Crippen LogP contribution in [0.1, 0.15) is 27.5 Å². The first-order valence-electron chi connectivity index (χ1n) is 4.45. The van der Waals surface area contributed by atoms with Crippen LogP contribution in [0.3, 0.4) is 0 Å². The Kier molecular flexibility index (Phi) is 2.23. The average molecular weight is 192 g/mol. The van der Waals surface area contributed by atoms with E-state index in [1.165, 1.54) is 0 Å². The smallest absolute Gasteiger partial charge is 0.249 e. The number of ether oxygens (including phenoxy) is 1. The van der Waals surface area contributed by atoms with Crippen LogP contribution in [-0.4, -0.2) is 12.5 Å². The van der Waals surface area contributed by atoms with Gasteiger partial charge in [-0.15, -0.1) is 0 Å². The topological polar surface area (TPSA) is 78.3 Å². The van der Waals surface area contributed by atoms with Gasteiger partial charge in [0.15, 0.2) is 0 Å². The van der Waals surface area contributed by atoms with E-state index in [-0.39, 0.29) is 6.04 Å². The summed E-state index contributed by atoms with van der Waals surface area (Å²) in [5.41, 5.74) is 13.4. The lowest BCUT2D eigenvalue weighted by Gasteiger charge is -2.23. The third kappa shape index (κ3) is 1.38. The minimum Gasteiger partial charge on any atom is -0.375 e. The molecule has 14 heavy (non-hydrogen) atoms. The largest absolute Gasteiger partial charge is 0.375 e. The summed E-state index contributed by atoms with van der Waals surface area (Å²) in [7, 11) is 0. The number of hydrogen-bond acceptors (Lipinski definition) is 3. The monoisotopic (exact) mass is 192 g/mol. The van der Waals surface area contributed by atoms with Gasteiger partial charge >= 0.3 is 0 Å². The van der Waals surface area contributed by atoms with E-state index in [2.05, 4.69) is 0 Å². The van der Waals surface area contributed by atoms with Crippen molar-refractivity contribution in [3.63, 3.8) is 0 Å². The van der Waals surface area contributed by atoms with Crippen molar-refractivity contribution in [1.29, 1.82) is 0 Å². The quantitative estimate of drug-likeness (QED) is 0.672. The van der Waals surface area contributed by atoms with Crippen LogP contribution >= 0.6 is 0 Å². The molecule has 1 aromatic carbocycles. The minimum absolute atomic E-state index is 0.155. The molecule has 0 spiro atoms. The highest BCUT2D eigenvalue weighted by atomic mass is 16.5. The predicted molar refractivity (Wildman–Crippen MR) is 51.5 cm³/mol. The molecule has 0 bridgehead atoms. The van der Waals surface area contributed by atoms with E-state index < -0.39 is 5.91 Å². The number of primary amides is 1. The molecule has 1 aromatic rings. The maximum absolute atomic E-state index is 11.1. The second-order valence-electron chi connectivity index (χ2n) is 3.36. The van der Waals surface area contributed by atoms with Crippen molar-refractivity contribution >= 4 is 5.91 Å². The molecule has 1 aliphatic rings. The van der Waals surface area contributed by atoms with Crippen LogP contribution in [0, 0.1) is 0 Å². The van der Waals surface area contributed by atoms with Gasteiger partial charge in [-0.25, -0.2) is 0 Å². The normalized spacial score (nSPS) is 20.2. The summed E-state index contributed by atoms with van der Waals surface area (Å²) in [5.74, 6) is -0.431. The van der Waals surface area contributed by atoms with Gasteiger partial charge in [0, 0.05) is 5.56 Å². The lowest BCUT2D eigenvalue weighted by molar-refractivity contribution is 0.0885. The summed E-state index contributed by atoms with van der Waals surface area (Å²) in [6.07, 6.45) is 0. The molecule has 0 fully saturated rings. The number of fused-ring (bicyclic) bond motifs is 1. The van der Waals surface area contributed by atoms with Crippen LogP contribution < -0.4 is 11.5 Å². The van der Waals surface area contributed by atoms with Crippen LogP contribution in [0.4, 0.5) is 0 Å². The first-order valence-corrected chi connectivity index (χ1v) is 4.45. The first-order chi connectivity index (χ1) is 6.70. The van der Waals surface area contributed by atoms with E-state index in [9.17, 15) is 4.79 Å². The second kappa shape index (κ2) is 3.40. The lowest BCUT2D eigenvalue weighted by atomic mass is 9.95. The highest BCUT2D eigenvalue weighted by Gasteiger charge is 2.21. The van der Waals surface area contributed by atoms with Gasteiger partial charge in [0.1, 0.15) is 0 Å². The molecule has 4 heteroatoms. The summed E-state index contributed by atoms with van der Waals surface area (Å²) in [4.78, 5) is 11.1. The fraction of sp³-hybridized carbons (Fsp3) is 0.300. The third-order valence-corrected chi connectivity index (χ3v) is 2.42. The van der Waals surface area contributed by atoms with Crippen LogP contribution in [0.2, 0.25) is 0 Å². The van der Waals surface area contributed by atoms with E-state index in [0.29, 0.717) is 18.8 Å². The van der Waals surface area contributed by atoms with Gasteiger partial charge in [0.25, 0.3) is 0 Å². The molecule has 4 nitrogen and oxygen atoms in total. The van der Waals surface area contributed by atoms with Gasteiger partial charge in [-0.3, -0.25) is 4.79 Å². The van der Waals surface area contributed by atoms with Crippen molar-refractivity contribution in [3.8, 4) is 0 Å². The number of benzene rings is 1. The molecule has 74 valence electrons. The predicted octanol–water partition coefficient (Wildman–Crippen LogP) is 0.316.